The fourth-order valence-corrected chi connectivity index (χ4v) is 5.58. The van der Waals surface area contributed by atoms with E-state index in [1.54, 1.807) is 6.07 Å². The smallest absolute Gasteiger partial charge is 0.131 e. The SMILES string of the molecule is O=S1C2C=C(c3ccc(F)c4ccccc34)CC1CCC2. The van der Waals surface area contributed by atoms with Crippen LogP contribution in [0.4, 0.5) is 4.39 Å². The van der Waals surface area contributed by atoms with Crippen molar-refractivity contribution in [1.29, 1.82) is 0 Å². The number of rotatable bonds is 1. The average molecular weight is 300 g/mol. The first-order valence-electron chi connectivity index (χ1n) is 7.52. The van der Waals surface area contributed by atoms with Gasteiger partial charge in [0.25, 0.3) is 0 Å². The first-order valence-corrected chi connectivity index (χ1v) is 8.79. The molecule has 2 bridgehead atoms. The fourth-order valence-electron chi connectivity index (χ4n) is 3.64. The predicted molar refractivity (Wildman–Crippen MR) is 86.1 cm³/mol. The van der Waals surface area contributed by atoms with Gasteiger partial charge < -0.3 is 0 Å². The molecule has 0 radical (unpaired) electrons. The minimum atomic E-state index is -0.719. The van der Waals surface area contributed by atoms with Crippen molar-refractivity contribution in [3.05, 3.63) is 53.9 Å². The lowest BCUT2D eigenvalue weighted by Gasteiger charge is -2.33. The van der Waals surface area contributed by atoms with Crippen LogP contribution in [0.2, 0.25) is 0 Å². The summed E-state index contributed by atoms with van der Waals surface area (Å²) in [6.45, 7) is 0. The highest BCUT2D eigenvalue weighted by Gasteiger charge is 2.33. The van der Waals surface area contributed by atoms with Gasteiger partial charge in [-0.2, -0.15) is 0 Å². The first kappa shape index (κ1) is 13.2. The van der Waals surface area contributed by atoms with Crippen molar-refractivity contribution < 1.29 is 8.60 Å². The van der Waals surface area contributed by atoms with Gasteiger partial charge in [-0.25, -0.2) is 4.39 Å². The number of halogens is 1. The fraction of sp³-hybridized carbons (Fsp3) is 0.333. The molecule has 0 N–H and O–H groups in total. The minimum Gasteiger partial charge on any atom is -0.259 e. The highest BCUT2D eigenvalue weighted by atomic mass is 32.2. The number of hydrogen-bond donors (Lipinski definition) is 0. The van der Waals surface area contributed by atoms with E-state index in [0.29, 0.717) is 5.39 Å². The molecule has 0 amide bonds. The normalized spacial score (nSPS) is 28.4. The molecule has 21 heavy (non-hydrogen) atoms. The summed E-state index contributed by atoms with van der Waals surface area (Å²) in [6.07, 6.45) is 6.30. The van der Waals surface area contributed by atoms with Crippen LogP contribution in [0.25, 0.3) is 16.3 Å². The highest BCUT2D eigenvalue weighted by molar-refractivity contribution is 7.86. The van der Waals surface area contributed by atoms with Crippen LogP contribution in [0, 0.1) is 5.82 Å². The van der Waals surface area contributed by atoms with E-state index in [1.165, 1.54) is 12.0 Å². The molecule has 3 heteroatoms. The van der Waals surface area contributed by atoms with Gasteiger partial charge in [0.1, 0.15) is 5.82 Å². The second-order valence-corrected chi connectivity index (χ2v) is 7.89. The summed E-state index contributed by atoms with van der Waals surface area (Å²) in [7, 11) is -0.719. The van der Waals surface area contributed by atoms with Gasteiger partial charge in [0.15, 0.2) is 0 Å². The lowest BCUT2D eigenvalue weighted by Crippen LogP contribution is -2.33. The van der Waals surface area contributed by atoms with Crippen LogP contribution < -0.4 is 0 Å². The average Bonchev–Trinajstić information content (AvgIpc) is 2.48. The Kier molecular flexibility index (Phi) is 3.18. The van der Waals surface area contributed by atoms with Gasteiger partial charge >= 0.3 is 0 Å². The molecule has 2 heterocycles. The molecule has 2 aromatic rings. The van der Waals surface area contributed by atoms with Crippen molar-refractivity contribution in [2.24, 2.45) is 0 Å². The second-order valence-electron chi connectivity index (χ2n) is 5.96. The molecule has 108 valence electrons. The van der Waals surface area contributed by atoms with Gasteiger partial charge in [-0.3, -0.25) is 4.21 Å². The van der Waals surface area contributed by atoms with Gasteiger partial charge in [0.2, 0.25) is 0 Å². The number of hydrogen-bond acceptors (Lipinski definition) is 1. The molecular formula is C18H17FOS. The molecule has 4 rings (SSSR count). The van der Waals surface area contributed by atoms with E-state index in [0.717, 1.165) is 30.2 Å². The number of fused-ring (bicyclic) bond motifs is 3. The maximum absolute atomic E-state index is 14.0. The molecule has 1 saturated heterocycles. The van der Waals surface area contributed by atoms with Crippen molar-refractivity contribution in [2.45, 2.75) is 36.2 Å². The van der Waals surface area contributed by atoms with Crippen LogP contribution in [0.3, 0.4) is 0 Å². The third-order valence-electron chi connectivity index (χ3n) is 4.69. The summed E-state index contributed by atoms with van der Waals surface area (Å²) in [4.78, 5) is 0. The maximum atomic E-state index is 14.0. The molecule has 0 aromatic heterocycles. The van der Waals surface area contributed by atoms with E-state index in [9.17, 15) is 8.60 Å². The van der Waals surface area contributed by atoms with Crippen molar-refractivity contribution in [2.75, 3.05) is 0 Å². The Balaban J connectivity index is 1.88. The molecule has 3 atom stereocenters. The Bertz CT molecular complexity index is 765. The number of benzene rings is 2. The van der Waals surface area contributed by atoms with Crippen molar-refractivity contribution in [3.63, 3.8) is 0 Å². The zero-order chi connectivity index (χ0) is 14.4. The summed E-state index contributed by atoms with van der Waals surface area (Å²) >= 11 is 0. The van der Waals surface area contributed by atoms with E-state index in [4.69, 9.17) is 0 Å². The summed E-state index contributed by atoms with van der Waals surface area (Å²) in [5, 5.41) is 2.12. The zero-order valence-electron chi connectivity index (χ0n) is 11.7. The molecule has 1 fully saturated rings. The quantitative estimate of drug-likeness (QED) is 0.761. The van der Waals surface area contributed by atoms with Gasteiger partial charge in [-0.05, 0) is 41.9 Å². The van der Waals surface area contributed by atoms with Crippen molar-refractivity contribution >= 4 is 27.1 Å². The number of allylic oxidation sites excluding steroid dienone is 1. The van der Waals surface area contributed by atoms with Gasteiger partial charge in [-0.1, -0.05) is 42.8 Å². The van der Waals surface area contributed by atoms with Gasteiger partial charge in [0, 0.05) is 21.4 Å². The molecule has 2 aliphatic rings. The van der Waals surface area contributed by atoms with E-state index >= 15 is 0 Å². The summed E-state index contributed by atoms with van der Waals surface area (Å²) in [6, 6.07) is 11.1. The predicted octanol–water partition coefficient (Wildman–Crippen LogP) is 4.44. The molecule has 3 unspecified atom stereocenters. The van der Waals surface area contributed by atoms with E-state index in [2.05, 4.69) is 6.08 Å². The molecule has 0 saturated carbocycles. The molecule has 1 nitrogen and oxygen atoms in total. The molecule has 0 spiro atoms. The van der Waals surface area contributed by atoms with Crippen molar-refractivity contribution in [3.8, 4) is 0 Å². The Hall–Kier alpha value is -1.48. The first-order chi connectivity index (χ1) is 10.2. The van der Waals surface area contributed by atoms with Crippen LogP contribution >= 0.6 is 0 Å². The Labute approximate surface area is 126 Å². The van der Waals surface area contributed by atoms with Gasteiger partial charge in [-0.15, -0.1) is 0 Å². The van der Waals surface area contributed by atoms with E-state index in [1.807, 2.05) is 30.3 Å². The van der Waals surface area contributed by atoms with Crippen LogP contribution in [-0.4, -0.2) is 14.7 Å². The second kappa shape index (κ2) is 5.06. The van der Waals surface area contributed by atoms with Gasteiger partial charge in [0.05, 0.1) is 5.25 Å². The Morgan fingerprint density at radius 2 is 1.86 bits per heavy atom. The third kappa shape index (κ3) is 2.15. The standard InChI is InChI=1S/C18H17FOS/c19-18-9-8-15(16-6-1-2-7-17(16)18)12-10-13-4-3-5-14(11-12)21(13)20/h1-2,6-10,13-14H,3-5,11H2. The molecule has 2 aromatic carbocycles. The maximum Gasteiger partial charge on any atom is 0.131 e. The summed E-state index contributed by atoms with van der Waals surface area (Å²) < 4.78 is 26.3. The third-order valence-corrected chi connectivity index (χ3v) is 6.72. The van der Waals surface area contributed by atoms with E-state index < -0.39 is 10.8 Å². The Morgan fingerprint density at radius 3 is 2.67 bits per heavy atom. The van der Waals surface area contributed by atoms with Crippen LogP contribution in [-0.2, 0) is 10.8 Å². The molecular weight excluding hydrogens is 283 g/mol. The molecule has 2 aliphatic heterocycles. The molecule has 0 aliphatic carbocycles. The summed E-state index contributed by atoms with van der Waals surface area (Å²) in [5.74, 6) is -0.172. The van der Waals surface area contributed by atoms with Crippen LogP contribution in [0.15, 0.2) is 42.5 Å². The Morgan fingerprint density at radius 1 is 1.05 bits per heavy atom. The minimum absolute atomic E-state index is 0.172. The lowest BCUT2D eigenvalue weighted by molar-refractivity contribution is 0.579. The van der Waals surface area contributed by atoms with Crippen LogP contribution in [0.5, 0.6) is 0 Å². The monoisotopic (exact) mass is 300 g/mol. The zero-order valence-corrected chi connectivity index (χ0v) is 12.5. The van der Waals surface area contributed by atoms with Crippen molar-refractivity contribution in [1.82, 2.24) is 0 Å². The van der Waals surface area contributed by atoms with E-state index in [-0.39, 0.29) is 16.3 Å². The lowest BCUT2D eigenvalue weighted by atomic mass is 9.90. The summed E-state index contributed by atoms with van der Waals surface area (Å²) in [5.41, 5.74) is 2.36. The van der Waals surface area contributed by atoms with Crippen LogP contribution in [0.1, 0.15) is 31.2 Å². The topological polar surface area (TPSA) is 17.1 Å². The largest absolute Gasteiger partial charge is 0.259 e. The highest BCUT2D eigenvalue weighted by Crippen LogP contribution is 2.39.